The Kier molecular flexibility index (Phi) is 7.78. The number of thioether (sulfide) groups is 1. The predicted octanol–water partition coefficient (Wildman–Crippen LogP) is 3.64. The number of carboxylic acid groups (broad SMARTS) is 1. The van der Waals surface area contributed by atoms with Crippen LogP contribution in [0.2, 0.25) is 0 Å². The molecule has 0 radical (unpaired) electrons. The van der Waals surface area contributed by atoms with Gasteiger partial charge in [0.05, 0.1) is 5.56 Å². The fourth-order valence-electron chi connectivity index (χ4n) is 1.52. The molecule has 1 unspecified atom stereocenters. The maximum Gasteiger partial charge on any atom is 0.416 e. The molecule has 0 saturated heterocycles. The minimum absolute atomic E-state index is 0.0258. The van der Waals surface area contributed by atoms with Crippen LogP contribution in [0, 0.1) is 0 Å². The maximum atomic E-state index is 12.8. The number of rotatable bonds is 7. The third-order valence-corrected chi connectivity index (χ3v) is 5.38. The number of carboxylic acids is 1. The minimum Gasteiger partial charge on any atom is -0.480 e. The lowest BCUT2D eigenvalue weighted by Gasteiger charge is -2.12. The predicted molar refractivity (Wildman–Crippen MR) is 87.3 cm³/mol. The number of nitrogens with two attached hydrogens (primary N) is 1. The number of carbonyl (C=O) groups is 2. The zero-order valence-electron chi connectivity index (χ0n) is 11.9. The summed E-state index contributed by atoms with van der Waals surface area (Å²) in [6.07, 6.45) is -3.04. The van der Waals surface area contributed by atoms with Crippen LogP contribution in [-0.4, -0.2) is 28.5 Å². The SMILES string of the molecule is CSSc1ccc(C(F)(F)F)cc1CSC(=O)CC(N)C(=O)O. The van der Waals surface area contributed by atoms with Crippen LogP contribution in [0.5, 0.6) is 0 Å². The highest BCUT2D eigenvalue weighted by atomic mass is 33.1. The summed E-state index contributed by atoms with van der Waals surface area (Å²) in [6, 6.07) is 2.06. The third kappa shape index (κ3) is 6.66. The summed E-state index contributed by atoms with van der Waals surface area (Å²) in [5.74, 6) is -1.27. The van der Waals surface area contributed by atoms with Crippen LogP contribution >= 0.6 is 33.3 Å². The van der Waals surface area contributed by atoms with Crippen molar-refractivity contribution in [3.8, 4) is 0 Å². The van der Waals surface area contributed by atoms with Crippen molar-refractivity contribution in [3.63, 3.8) is 0 Å². The molecule has 0 aliphatic heterocycles. The van der Waals surface area contributed by atoms with Gasteiger partial charge in [-0.3, -0.25) is 9.59 Å². The highest BCUT2D eigenvalue weighted by Gasteiger charge is 2.31. The Morgan fingerprint density at radius 2 is 2.00 bits per heavy atom. The van der Waals surface area contributed by atoms with E-state index in [9.17, 15) is 22.8 Å². The van der Waals surface area contributed by atoms with Gasteiger partial charge in [0.15, 0.2) is 5.12 Å². The van der Waals surface area contributed by atoms with E-state index in [4.69, 9.17) is 10.8 Å². The molecule has 1 atom stereocenters. The van der Waals surface area contributed by atoms with Crippen LogP contribution in [0.4, 0.5) is 13.2 Å². The Hall–Kier alpha value is -0.840. The smallest absolute Gasteiger partial charge is 0.416 e. The fourth-order valence-corrected chi connectivity index (χ4v) is 4.04. The van der Waals surface area contributed by atoms with Crippen LogP contribution < -0.4 is 5.73 Å². The molecule has 0 bridgehead atoms. The number of benzene rings is 1. The Morgan fingerprint density at radius 3 is 2.52 bits per heavy atom. The summed E-state index contributed by atoms with van der Waals surface area (Å²) in [6.45, 7) is 0. The molecule has 0 aromatic heterocycles. The van der Waals surface area contributed by atoms with E-state index in [2.05, 4.69) is 0 Å². The van der Waals surface area contributed by atoms with Gasteiger partial charge in [0, 0.05) is 17.1 Å². The Morgan fingerprint density at radius 1 is 1.35 bits per heavy atom. The zero-order chi connectivity index (χ0) is 17.6. The molecule has 10 heteroatoms. The number of hydrogen-bond donors (Lipinski definition) is 2. The first-order valence-electron chi connectivity index (χ1n) is 6.20. The molecule has 0 spiro atoms. The molecule has 1 aromatic rings. The minimum atomic E-state index is -4.46. The summed E-state index contributed by atoms with van der Waals surface area (Å²) in [4.78, 5) is 22.9. The number of alkyl halides is 3. The van der Waals surface area contributed by atoms with Crippen LogP contribution in [0.25, 0.3) is 0 Å². The van der Waals surface area contributed by atoms with Gasteiger partial charge in [-0.2, -0.15) is 13.2 Å². The Bertz CT molecular complexity index is 581. The Balaban J connectivity index is 2.84. The second-order valence-corrected chi connectivity index (χ2v) is 7.85. The van der Waals surface area contributed by atoms with E-state index in [-0.39, 0.29) is 12.2 Å². The first-order valence-corrected chi connectivity index (χ1v) is 9.74. The summed E-state index contributed by atoms with van der Waals surface area (Å²) < 4.78 is 38.3. The average Bonchev–Trinajstić information content (AvgIpc) is 2.45. The van der Waals surface area contributed by atoms with E-state index in [1.807, 2.05) is 0 Å². The molecule has 1 aromatic carbocycles. The maximum absolute atomic E-state index is 12.8. The molecule has 4 nitrogen and oxygen atoms in total. The average molecular weight is 385 g/mol. The molecule has 128 valence electrons. The van der Waals surface area contributed by atoms with Gasteiger partial charge in [0.1, 0.15) is 6.04 Å². The molecule has 0 heterocycles. The molecule has 0 aliphatic carbocycles. The molecule has 1 rings (SSSR count). The number of halogens is 3. The monoisotopic (exact) mass is 385 g/mol. The Labute approximate surface area is 143 Å². The van der Waals surface area contributed by atoms with Crippen molar-refractivity contribution in [1.82, 2.24) is 0 Å². The zero-order valence-corrected chi connectivity index (χ0v) is 14.4. The van der Waals surface area contributed by atoms with Crippen LogP contribution in [0.15, 0.2) is 23.1 Å². The van der Waals surface area contributed by atoms with Gasteiger partial charge in [0.25, 0.3) is 0 Å². The first kappa shape index (κ1) is 20.2. The van der Waals surface area contributed by atoms with Crippen molar-refractivity contribution in [2.75, 3.05) is 6.26 Å². The van der Waals surface area contributed by atoms with E-state index < -0.39 is 28.9 Å². The molecule has 0 amide bonds. The van der Waals surface area contributed by atoms with Crippen molar-refractivity contribution in [3.05, 3.63) is 29.3 Å². The second kappa shape index (κ2) is 8.86. The van der Waals surface area contributed by atoms with Gasteiger partial charge in [0.2, 0.25) is 0 Å². The lowest BCUT2D eigenvalue weighted by molar-refractivity contribution is -0.139. The van der Waals surface area contributed by atoms with Crippen molar-refractivity contribution in [2.45, 2.75) is 29.3 Å². The van der Waals surface area contributed by atoms with Gasteiger partial charge in [-0.1, -0.05) is 33.3 Å². The topological polar surface area (TPSA) is 80.4 Å². The summed E-state index contributed by atoms with van der Waals surface area (Å²) >= 11 is 0.762. The number of hydrogen-bond acceptors (Lipinski definition) is 6. The van der Waals surface area contributed by atoms with Crippen molar-refractivity contribution < 1.29 is 27.9 Å². The van der Waals surface area contributed by atoms with Crippen LogP contribution in [0.3, 0.4) is 0 Å². The highest BCUT2D eigenvalue weighted by molar-refractivity contribution is 8.76. The lowest BCUT2D eigenvalue weighted by Crippen LogP contribution is -2.31. The normalized spacial score (nSPS) is 12.9. The summed E-state index contributed by atoms with van der Waals surface area (Å²) in [5, 5.41) is 8.16. The van der Waals surface area contributed by atoms with Crippen molar-refractivity contribution in [1.29, 1.82) is 0 Å². The molecular weight excluding hydrogens is 371 g/mol. The molecule has 23 heavy (non-hydrogen) atoms. The quantitative estimate of drug-likeness (QED) is 0.694. The van der Waals surface area contributed by atoms with E-state index >= 15 is 0 Å². The van der Waals surface area contributed by atoms with E-state index in [0.717, 1.165) is 23.9 Å². The molecule has 0 saturated carbocycles. The lowest BCUT2D eigenvalue weighted by atomic mass is 10.1. The second-order valence-electron chi connectivity index (χ2n) is 4.38. The van der Waals surface area contributed by atoms with Crippen LogP contribution in [0.1, 0.15) is 17.5 Å². The molecular formula is C13H14F3NO3S3. The molecule has 0 aliphatic rings. The summed E-state index contributed by atoms with van der Waals surface area (Å²) in [7, 11) is 2.67. The van der Waals surface area contributed by atoms with Gasteiger partial charge in [-0.05, 0) is 30.0 Å². The fraction of sp³-hybridized carbons (Fsp3) is 0.385. The van der Waals surface area contributed by atoms with E-state index in [0.29, 0.717) is 10.5 Å². The largest absolute Gasteiger partial charge is 0.480 e. The first-order chi connectivity index (χ1) is 10.6. The van der Waals surface area contributed by atoms with E-state index in [1.165, 1.54) is 27.7 Å². The van der Waals surface area contributed by atoms with Crippen molar-refractivity contribution in [2.24, 2.45) is 5.73 Å². The van der Waals surface area contributed by atoms with Gasteiger partial charge in [-0.25, -0.2) is 0 Å². The highest BCUT2D eigenvalue weighted by Crippen LogP contribution is 2.37. The molecule has 0 fully saturated rings. The molecule has 3 N–H and O–H groups in total. The van der Waals surface area contributed by atoms with Gasteiger partial charge >= 0.3 is 12.1 Å². The van der Waals surface area contributed by atoms with Crippen molar-refractivity contribution >= 4 is 44.4 Å². The summed E-state index contributed by atoms with van der Waals surface area (Å²) in [5.41, 5.74) is 4.85. The van der Waals surface area contributed by atoms with Gasteiger partial charge < -0.3 is 10.8 Å². The van der Waals surface area contributed by atoms with Crippen LogP contribution in [-0.2, 0) is 21.5 Å². The third-order valence-electron chi connectivity index (χ3n) is 2.65. The van der Waals surface area contributed by atoms with Gasteiger partial charge in [-0.15, -0.1) is 0 Å². The number of carbonyl (C=O) groups excluding carboxylic acids is 1. The van der Waals surface area contributed by atoms with E-state index in [1.54, 1.807) is 6.26 Å². The number of aliphatic carboxylic acids is 1. The standard InChI is InChI=1S/C13H14F3NO3S3/c1-21-23-10-3-2-8(13(14,15)16)4-7(10)6-22-11(18)5-9(17)12(19)20/h2-4,9H,5-6,17H2,1H3,(H,19,20).